The zero-order valence-corrected chi connectivity index (χ0v) is 13.5. The van der Waals surface area contributed by atoms with E-state index in [1.165, 1.54) is 0 Å². The van der Waals surface area contributed by atoms with E-state index in [1.54, 1.807) is 50.6 Å². The van der Waals surface area contributed by atoms with Crippen molar-refractivity contribution in [3.63, 3.8) is 0 Å². The van der Waals surface area contributed by atoms with Gasteiger partial charge in [-0.25, -0.2) is 0 Å². The van der Waals surface area contributed by atoms with Crippen LogP contribution in [0.5, 0.6) is 23.0 Å². The molecule has 2 aromatic rings. The Kier molecular flexibility index (Phi) is 5.86. The fraction of sp³-hybridized carbons (Fsp3) is 0.278. The molecule has 0 fully saturated rings. The molecule has 0 bridgehead atoms. The van der Waals surface area contributed by atoms with Crippen LogP contribution in [0.4, 0.5) is 0 Å². The number of esters is 1. The lowest BCUT2D eigenvalue weighted by Crippen LogP contribution is -2.12. The highest BCUT2D eigenvalue weighted by Gasteiger charge is 2.12. The van der Waals surface area contributed by atoms with Crippen LogP contribution in [0.2, 0.25) is 0 Å². The van der Waals surface area contributed by atoms with E-state index in [1.807, 2.05) is 13.0 Å². The minimum Gasteiger partial charge on any atom is -0.493 e. The van der Waals surface area contributed by atoms with Crippen molar-refractivity contribution in [1.29, 1.82) is 0 Å². The van der Waals surface area contributed by atoms with Gasteiger partial charge in [-0.05, 0) is 36.8 Å². The van der Waals surface area contributed by atoms with Crippen molar-refractivity contribution < 1.29 is 23.7 Å². The van der Waals surface area contributed by atoms with Gasteiger partial charge >= 0.3 is 5.97 Å². The number of rotatable bonds is 7. The summed E-state index contributed by atoms with van der Waals surface area (Å²) in [6.45, 7) is 2.38. The largest absolute Gasteiger partial charge is 0.493 e. The molecule has 0 heterocycles. The van der Waals surface area contributed by atoms with Crippen LogP contribution < -0.4 is 18.9 Å². The number of hydrogen-bond acceptors (Lipinski definition) is 5. The molecule has 5 heteroatoms. The van der Waals surface area contributed by atoms with Crippen molar-refractivity contribution in [3.05, 3.63) is 48.0 Å². The Bertz CT molecular complexity index is 666. The maximum atomic E-state index is 12.1. The second-order valence-electron chi connectivity index (χ2n) is 4.72. The van der Waals surface area contributed by atoms with Crippen LogP contribution in [0.1, 0.15) is 12.5 Å². The Morgan fingerprint density at radius 2 is 1.61 bits per heavy atom. The van der Waals surface area contributed by atoms with E-state index in [9.17, 15) is 4.79 Å². The first-order valence-electron chi connectivity index (χ1n) is 7.31. The van der Waals surface area contributed by atoms with Crippen LogP contribution in [0.25, 0.3) is 0 Å². The molecule has 0 aliphatic heterocycles. The lowest BCUT2D eigenvalue weighted by atomic mass is 10.1. The summed E-state index contributed by atoms with van der Waals surface area (Å²) in [4.78, 5) is 12.1. The fourth-order valence-electron chi connectivity index (χ4n) is 2.13. The van der Waals surface area contributed by atoms with E-state index in [0.717, 1.165) is 5.56 Å². The summed E-state index contributed by atoms with van der Waals surface area (Å²) in [5.74, 6) is 1.79. The lowest BCUT2D eigenvalue weighted by molar-refractivity contribution is -0.133. The van der Waals surface area contributed by atoms with Gasteiger partial charge in [0.15, 0.2) is 23.0 Å². The number of ether oxygens (including phenoxy) is 4. The first-order valence-corrected chi connectivity index (χ1v) is 7.31. The van der Waals surface area contributed by atoms with E-state index >= 15 is 0 Å². The van der Waals surface area contributed by atoms with Crippen molar-refractivity contribution in [1.82, 2.24) is 0 Å². The zero-order chi connectivity index (χ0) is 16.7. The smallest absolute Gasteiger partial charge is 0.315 e. The molecule has 5 nitrogen and oxygen atoms in total. The molecule has 0 unspecified atom stereocenters. The number of carbonyl (C=O) groups excluding carboxylic acids is 1. The molecule has 0 aliphatic carbocycles. The van der Waals surface area contributed by atoms with Gasteiger partial charge in [0.2, 0.25) is 0 Å². The minimum atomic E-state index is -0.371. The number of para-hydroxylation sites is 2. The van der Waals surface area contributed by atoms with E-state index in [4.69, 9.17) is 18.9 Å². The summed E-state index contributed by atoms with van der Waals surface area (Å²) in [6, 6.07) is 12.4. The Morgan fingerprint density at radius 3 is 2.26 bits per heavy atom. The minimum absolute atomic E-state index is 0.126. The van der Waals surface area contributed by atoms with Crippen molar-refractivity contribution in [3.8, 4) is 23.0 Å². The molecule has 0 spiro atoms. The molecule has 0 saturated heterocycles. The number of carbonyl (C=O) groups is 1. The van der Waals surface area contributed by atoms with Gasteiger partial charge in [-0.15, -0.1) is 0 Å². The Labute approximate surface area is 135 Å². The van der Waals surface area contributed by atoms with Crippen LogP contribution in [-0.4, -0.2) is 26.8 Å². The Hall–Kier alpha value is -2.69. The molecule has 0 aliphatic rings. The molecule has 23 heavy (non-hydrogen) atoms. The van der Waals surface area contributed by atoms with Gasteiger partial charge < -0.3 is 18.9 Å². The van der Waals surface area contributed by atoms with E-state index in [2.05, 4.69) is 0 Å². The monoisotopic (exact) mass is 316 g/mol. The number of benzene rings is 2. The Morgan fingerprint density at radius 1 is 0.913 bits per heavy atom. The molecular formula is C18H20O5. The molecule has 0 saturated carbocycles. The van der Waals surface area contributed by atoms with Gasteiger partial charge in [0, 0.05) is 0 Å². The molecule has 0 aromatic heterocycles. The van der Waals surface area contributed by atoms with Gasteiger partial charge in [0.25, 0.3) is 0 Å². The topological polar surface area (TPSA) is 54.0 Å². The van der Waals surface area contributed by atoms with Crippen molar-refractivity contribution >= 4 is 5.97 Å². The maximum Gasteiger partial charge on any atom is 0.315 e. The summed E-state index contributed by atoms with van der Waals surface area (Å²) in [7, 11) is 3.12. The van der Waals surface area contributed by atoms with Crippen LogP contribution in [0, 0.1) is 0 Å². The summed E-state index contributed by atoms with van der Waals surface area (Å²) < 4.78 is 21.2. The van der Waals surface area contributed by atoms with Crippen molar-refractivity contribution in [2.75, 3.05) is 20.8 Å². The van der Waals surface area contributed by atoms with Crippen molar-refractivity contribution in [2.45, 2.75) is 13.3 Å². The van der Waals surface area contributed by atoms with E-state index in [-0.39, 0.29) is 12.4 Å². The number of hydrogen-bond donors (Lipinski definition) is 0. The molecule has 2 rings (SSSR count). The second kappa shape index (κ2) is 8.08. The standard InChI is InChI=1S/C18H20O5/c1-4-22-15-7-5-6-8-16(15)23-18(19)12-13-9-10-14(20-2)17(11-13)21-3/h5-11H,4,12H2,1-3H3. The summed E-state index contributed by atoms with van der Waals surface area (Å²) in [5, 5.41) is 0. The highest BCUT2D eigenvalue weighted by Crippen LogP contribution is 2.29. The molecule has 0 atom stereocenters. The first-order chi connectivity index (χ1) is 11.2. The lowest BCUT2D eigenvalue weighted by Gasteiger charge is -2.11. The highest BCUT2D eigenvalue weighted by molar-refractivity contribution is 5.76. The van der Waals surface area contributed by atoms with Crippen LogP contribution in [0.15, 0.2) is 42.5 Å². The number of methoxy groups -OCH3 is 2. The average molecular weight is 316 g/mol. The third-order valence-corrected chi connectivity index (χ3v) is 3.17. The quantitative estimate of drug-likeness (QED) is 0.580. The highest BCUT2D eigenvalue weighted by atomic mass is 16.6. The van der Waals surface area contributed by atoms with Gasteiger partial charge in [0.05, 0.1) is 27.2 Å². The van der Waals surface area contributed by atoms with Crippen LogP contribution in [-0.2, 0) is 11.2 Å². The third-order valence-electron chi connectivity index (χ3n) is 3.17. The first kappa shape index (κ1) is 16.7. The second-order valence-corrected chi connectivity index (χ2v) is 4.72. The fourth-order valence-corrected chi connectivity index (χ4v) is 2.13. The van der Waals surface area contributed by atoms with Gasteiger partial charge in [-0.1, -0.05) is 18.2 Å². The molecule has 0 amide bonds. The molecule has 122 valence electrons. The molecule has 0 N–H and O–H groups in total. The summed E-state index contributed by atoms with van der Waals surface area (Å²) in [6.07, 6.45) is 0.126. The predicted molar refractivity (Wildman–Crippen MR) is 86.5 cm³/mol. The molecular weight excluding hydrogens is 296 g/mol. The SMILES string of the molecule is CCOc1ccccc1OC(=O)Cc1ccc(OC)c(OC)c1. The van der Waals surface area contributed by atoms with E-state index in [0.29, 0.717) is 29.6 Å². The maximum absolute atomic E-state index is 12.1. The summed E-state index contributed by atoms with van der Waals surface area (Å²) >= 11 is 0. The van der Waals surface area contributed by atoms with Gasteiger partial charge in [-0.2, -0.15) is 0 Å². The predicted octanol–water partition coefficient (Wildman–Crippen LogP) is 3.25. The summed E-state index contributed by atoms with van der Waals surface area (Å²) in [5.41, 5.74) is 0.779. The third kappa shape index (κ3) is 4.39. The normalized spacial score (nSPS) is 10.0. The molecule has 0 radical (unpaired) electrons. The van der Waals surface area contributed by atoms with Gasteiger partial charge in [0.1, 0.15) is 0 Å². The van der Waals surface area contributed by atoms with Crippen molar-refractivity contribution in [2.24, 2.45) is 0 Å². The molecule has 2 aromatic carbocycles. The van der Waals surface area contributed by atoms with Crippen LogP contribution in [0.3, 0.4) is 0 Å². The van der Waals surface area contributed by atoms with E-state index < -0.39 is 0 Å². The Balaban J connectivity index is 2.08. The zero-order valence-electron chi connectivity index (χ0n) is 13.5. The van der Waals surface area contributed by atoms with Gasteiger partial charge in [-0.3, -0.25) is 4.79 Å². The average Bonchev–Trinajstić information content (AvgIpc) is 2.56. The van der Waals surface area contributed by atoms with Crippen LogP contribution >= 0.6 is 0 Å².